The molecular formula is C56H38N4. The molecule has 0 atom stereocenters. The molecule has 2 heterocycles. The Morgan fingerprint density at radius 2 is 0.617 bits per heavy atom. The Hall–Kier alpha value is -8.08. The number of para-hydroxylation sites is 3. The maximum atomic E-state index is 4.85. The van der Waals surface area contributed by atoms with Crippen LogP contribution in [0.2, 0.25) is 0 Å². The Balaban J connectivity index is 0.971. The Morgan fingerprint density at radius 3 is 1.17 bits per heavy atom. The highest BCUT2D eigenvalue weighted by Gasteiger charge is 2.21. The second-order valence-corrected chi connectivity index (χ2v) is 15.0. The predicted molar refractivity (Wildman–Crippen MR) is 248 cm³/mol. The van der Waals surface area contributed by atoms with Crippen LogP contribution >= 0.6 is 0 Å². The molecule has 11 aromatic rings. The molecule has 11 rings (SSSR count). The highest BCUT2D eigenvalue weighted by molar-refractivity contribution is 6.09. The van der Waals surface area contributed by atoms with Crippen molar-refractivity contribution < 1.29 is 0 Å². The molecule has 2 aromatic heterocycles. The molecule has 60 heavy (non-hydrogen) atoms. The minimum atomic E-state index is 0.784. The van der Waals surface area contributed by atoms with Crippen molar-refractivity contribution in [1.82, 2.24) is 19.3 Å². The first-order valence-electron chi connectivity index (χ1n) is 20.3. The normalized spacial score (nSPS) is 11.3. The van der Waals surface area contributed by atoms with Crippen LogP contribution < -0.4 is 0 Å². The highest BCUT2D eigenvalue weighted by Crippen LogP contribution is 2.40. The van der Waals surface area contributed by atoms with Gasteiger partial charge in [-0.05, 0) is 69.3 Å². The minimum Gasteiger partial charge on any atom is -0.309 e. The third-order valence-electron chi connectivity index (χ3n) is 11.5. The third-order valence-corrected chi connectivity index (χ3v) is 11.5. The van der Waals surface area contributed by atoms with Crippen molar-refractivity contribution in [3.8, 4) is 78.7 Å². The van der Waals surface area contributed by atoms with E-state index in [0.717, 1.165) is 50.8 Å². The van der Waals surface area contributed by atoms with Crippen LogP contribution in [0, 0.1) is 0 Å². The van der Waals surface area contributed by atoms with Crippen LogP contribution in [0.25, 0.3) is 100 Å². The largest absolute Gasteiger partial charge is 0.309 e. The van der Waals surface area contributed by atoms with Crippen molar-refractivity contribution in [3.05, 3.63) is 231 Å². The number of benzene rings is 9. The van der Waals surface area contributed by atoms with Gasteiger partial charge < -0.3 is 4.57 Å². The summed E-state index contributed by atoms with van der Waals surface area (Å²) in [5.74, 6) is 1.58. The molecule has 0 saturated heterocycles. The van der Waals surface area contributed by atoms with Gasteiger partial charge >= 0.3 is 0 Å². The molecule has 0 aliphatic carbocycles. The molecule has 4 nitrogen and oxygen atoms in total. The smallest absolute Gasteiger partial charge is 0.168 e. The van der Waals surface area contributed by atoms with E-state index in [4.69, 9.17) is 10.2 Å². The first-order valence-corrected chi connectivity index (χ1v) is 20.3. The lowest BCUT2D eigenvalue weighted by Gasteiger charge is -2.17. The van der Waals surface area contributed by atoms with Crippen molar-refractivity contribution in [1.29, 1.82) is 0 Å². The molecule has 0 radical (unpaired) electrons. The molecule has 0 aliphatic rings. The summed E-state index contributed by atoms with van der Waals surface area (Å²) in [7, 11) is 0. The van der Waals surface area contributed by atoms with E-state index in [2.05, 4.69) is 221 Å². The van der Waals surface area contributed by atoms with E-state index in [9.17, 15) is 0 Å². The van der Waals surface area contributed by atoms with Crippen molar-refractivity contribution in [3.63, 3.8) is 0 Å². The summed E-state index contributed by atoms with van der Waals surface area (Å²) in [5, 5.41) is 12.2. The maximum absolute atomic E-state index is 4.85. The Labute approximate surface area is 348 Å². The Morgan fingerprint density at radius 1 is 0.250 bits per heavy atom. The summed E-state index contributed by atoms with van der Waals surface area (Å²) in [4.78, 5) is 0. The molecule has 0 N–H and O–H groups in total. The number of rotatable bonds is 8. The van der Waals surface area contributed by atoms with Crippen molar-refractivity contribution in [2.75, 3.05) is 0 Å². The van der Waals surface area contributed by atoms with Crippen molar-refractivity contribution >= 4 is 21.8 Å². The van der Waals surface area contributed by atoms with Gasteiger partial charge in [0.15, 0.2) is 11.6 Å². The van der Waals surface area contributed by atoms with Gasteiger partial charge in [-0.2, -0.15) is 0 Å². The van der Waals surface area contributed by atoms with E-state index >= 15 is 0 Å². The molecule has 282 valence electrons. The molecule has 0 fully saturated rings. The predicted octanol–water partition coefficient (Wildman–Crippen LogP) is 14.4. The average molecular weight is 767 g/mol. The fourth-order valence-corrected chi connectivity index (χ4v) is 8.73. The highest BCUT2D eigenvalue weighted by atomic mass is 15.3. The number of nitrogens with zero attached hydrogens (tertiary/aromatic N) is 4. The first kappa shape index (κ1) is 35.1. The molecule has 0 bridgehead atoms. The molecule has 0 unspecified atom stereocenters. The van der Waals surface area contributed by atoms with Gasteiger partial charge in [-0.3, -0.25) is 4.57 Å². The Bertz CT molecular complexity index is 3230. The lowest BCUT2D eigenvalue weighted by atomic mass is 9.89. The summed E-state index contributed by atoms with van der Waals surface area (Å²) >= 11 is 0. The first-order chi connectivity index (χ1) is 29.8. The summed E-state index contributed by atoms with van der Waals surface area (Å²) in [6, 6.07) is 81.8. The zero-order valence-corrected chi connectivity index (χ0v) is 32.7. The van der Waals surface area contributed by atoms with E-state index in [1.807, 2.05) is 18.2 Å². The van der Waals surface area contributed by atoms with Gasteiger partial charge in [-0.1, -0.05) is 200 Å². The van der Waals surface area contributed by atoms with Crippen LogP contribution in [0.1, 0.15) is 0 Å². The van der Waals surface area contributed by atoms with Gasteiger partial charge in [0.05, 0.1) is 16.7 Å². The van der Waals surface area contributed by atoms with Gasteiger partial charge in [-0.25, -0.2) is 0 Å². The van der Waals surface area contributed by atoms with Crippen LogP contribution in [0.3, 0.4) is 0 Å². The van der Waals surface area contributed by atoms with Crippen LogP contribution in [0.4, 0.5) is 0 Å². The second kappa shape index (κ2) is 15.0. The summed E-state index contributed by atoms with van der Waals surface area (Å²) in [6.45, 7) is 0. The average Bonchev–Trinajstić information content (AvgIpc) is 3.93. The number of fused-ring (bicyclic) bond motifs is 3. The fourth-order valence-electron chi connectivity index (χ4n) is 8.73. The minimum absolute atomic E-state index is 0.784. The number of hydrogen-bond acceptors (Lipinski definition) is 2. The van der Waals surface area contributed by atoms with Crippen molar-refractivity contribution in [2.24, 2.45) is 0 Å². The number of hydrogen-bond donors (Lipinski definition) is 0. The molecule has 9 aromatic carbocycles. The molecular weight excluding hydrogens is 729 g/mol. The molecule has 0 aliphatic heterocycles. The zero-order valence-electron chi connectivity index (χ0n) is 32.7. The Kier molecular flexibility index (Phi) is 8.79. The van der Waals surface area contributed by atoms with E-state index < -0.39 is 0 Å². The summed E-state index contributed by atoms with van der Waals surface area (Å²) in [5.41, 5.74) is 15.8. The molecule has 0 spiro atoms. The topological polar surface area (TPSA) is 35.6 Å². The van der Waals surface area contributed by atoms with Gasteiger partial charge in [-0.15, -0.1) is 10.2 Å². The van der Waals surface area contributed by atoms with E-state index in [1.165, 1.54) is 49.6 Å². The third kappa shape index (κ3) is 6.10. The lowest BCUT2D eigenvalue weighted by molar-refractivity contribution is 1.07. The second-order valence-electron chi connectivity index (χ2n) is 15.0. The van der Waals surface area contributed by atoms with Gasteiger partial charge in [0, 0.05) is 33.2 Å². The van der Waals surface area contributed by atoms with E-state index in [1.54, 1.807) is 0 Å². The quantitative estimate of drug-likeness (QED) is 0.154. The monoisotopic (exact) mass is 766 g/mol. The van der Waals surface area contributed by atoms with Crippen molar-refractivity contribution in [2.45, 2.75) is 0 Å². The zero-order chi connectivity index (χ0) is 39.8. The SMILES string of the molecule is c1ccc(-c2ccccc2-n2c(-c3ccccc3)nnc2-c2ccc(-c3ccccc3-c3ccccc3-c3ccc(-n4c5ccccc5c5ccccc54)cc3)cc2)cc1. The summed E-state index contributed by atoms with van der Waals surface area (Å²) in [6.07, 6.45) is 0. The fraction of sp³-hybridized carbons (Fsp3) is 0. The van der Waals surface area contributed by atoms with Gasteiger partial charge in [0.1, 0.15) is 0 Å². The molecule has 0 saturated carbocycles. The maximum Gasteiger partial charge on any atom is 0.168 e. The van der Waals surface area contributed by atoms with Crippen LogP contribution in [-0.2, 0) is 0 Å². The lowest BCUT2D eigenvalue weighted by Crippen LogP contribution is -2.02. The van der Waals surface area contributed by atoms with E-state index in [0.29, 0.717) is 0 Å². The summed E-state index contributed by atoms with van der Waals surface area (Å²) < 4.78 is 4.57. The van der Waals surface area contributed by atoms with E-state index in [-0.39, 0.29) is 0 Å². The van der Waals surface area contributed by atoms with Crippen LogP contribution in [0.15, 0.2) is 231 Å². The van der Waals surface area contributed by atoms with Crippen LogP contribution in [0.5, 0.6) is 0 Å². The standard InChI is InChI=1S/C56H38N4/c1-3-17-39(18-4-1)47-23-11-14-28-52(47)60-55(42-19-5-2-6-20-42)57-58-56(60)43-33-31-40(32-34-43)45-21-7-9-24-48(45)49-25-10-8-22-46(49)41-35-37-44(38-36-41)59-53-29-15-12-26-50(53)51-27-13-16-30-54(51)59/h1-38H. The molecule has 0 amide bonds. The number of aromatic nitrogens is 4. The molecule has 4 heteroatoms. The van der Waals surface area contributed by atoms with Gasteiger partial charge in [0.25, 0.3) is 0 Å². The van der Waals surface area contributed by atoms with Gasteiger partial charge in [0.2, 0.25) is 0 Å². The van der Waals surface area contributed by atoms with Crippen LogP contribution in [-0.4, -0.2) is 19.3 Å².